The highest BCUT2D eigenvalue weighted by molar-refractivity contribution is 9.10. The minimum absolute atomic E-state index is 0.356. The molecule has 3 nitrogen and oxygen atoms in total. The van der Waals surface area contributed by atoms with Gasteiger partial charge < -0.3 is 5.11 Å². The van der Waals surface area contributed by atoms with Gasteiger partial charge in [-0.15, -0.1) is 23.1 Å². The smallest absolute Gasteiger partial charge is 0.336 e. The van der Waals surface area contributed by atoms with Crippen LogP contribution in [0.15, 0.2) is 33.1 Å². The highest BCUT2D eigenvalue weighted by atomic mass is 79.9. The zero-order valence-electron chi connectivity index (χ0n) is 10.2. The number of thioether (sulfide) groups is 1. The van der Waals surface area contributed by atoms with E-state index in [2.05, 4.69) is 20.9 Å². The van der Waals surface area contributed by atoms with E-state index in [4.69, 9.17) is 5.11 Å². The van der Waals surface area contributed by atoms with Gasteiger partial charge in [-0.1, -0.05) is 15.9 Å². The molecule has 0 fully saturated rings. The van der Waals surface area contributed by atoms with Crippen molar-refractivity contribution in [3.05, 3.63) is 44.3 Å². The predicted octanol–water partition coefficient (Wildman–Crippen LogP) is 4.25. The summed E-state index contributed by atoms with van der Waals surface area (Å²) in [6.45, 7) is 2.00. The molecule has 2 rings (SSSR count). The number of carboxylic acid groups (broad SMARTS) is 1. The second-order valence-corrected chi connectivity index (χ2v) is 6.90. The number of aryl methyl sites for hydroxylation is 2. The van der Waals surface area contributed by atoms with Crippen LogP contribution in [-0.2, 0) is 6.42 Å². The monoisotopic (exact) mass is 357 g/mol. The summed E-state index contributed by atoms with van der Waals surface area (Å²) in [5, 5.41) is 9.15. The third-order valence-electron chi connectivity index (χ3n) is 2.61. The maximum Gasteiger partial charge on any atom is 0.336 e. The van der Waals surface area contributed by atoms with Crippen LogP contribution in [0.25, 0.3) is 0 Å². The van der Waals surface area contributed by atoms with Gasteiger partial charge in [0, 0.05) is 20.0 Å². The number of thiazole rings is 1. The van der Waals surface area contributed by atoms with Gasteiger partial charge in [-0.05, 0) is 31.5 Å². The molecule has 0 aliphatic rings. The summed E-state index contributed by atoms with van der Waals surface area (Å²) in [5.41, 5.74) is 3.27. The summed E-state index contributed by atoms with van der Waals surface area (Å²) in [6, 6.07) is 5.24. The molecule has 0 amide bonds. The van der Waals surface area contributed by atoms with E-state index < -0.39 is 5.97 Å². The fourth-order valence-electron chi connectivity index (χ4n) is 1.61. The number of halogens is 1. The van der Waals surface area contributed by atoms with Gasteiger partial charge in [0.05, 0.1) is 16.8 Å². The van der Waals surface area contributed by atoms with Gasteiger partial charge in [0.1, 0.15) is 0 Å². The lowest BCUT2D eigenvalue weighted by Gasteiger charge is -2.06. The molecule has 1 heterocycles. The molecule has 1 aromatic heterocycles. The van der Waals surface area contributed by atoms with Crippen LogP contribution in [0.1, 0.15) is 20.9 Å². The number of carbonyl (C=O) groups is 1. The molecule has 6 heteroatoms. The summed E-state index contributed by atoms with van der Waals surface area (Å²) in [7, 11) is 0. The molecule has 0 atom stereocenters. The number of rotatable bonds is 5. The maximum atomic E-state index is 11.1. The van der Waals surface area contributed by atoms with Crippen LogP contribution in [-0.4, -0.2) is 21.8 Å². The lowest BCUT2D eigenvalue weighted by Crippen LogP contribution is -1.99. The number of nitrogens with zero attached hydrogens (tertiary/aromatic N) is 1. The molecule has 0 bridgehead atoms. The molecule has 2 aromatic rings. The first-order chi connectivity index (χ1) is 9.08. The van der Waals surface area contributed by atoms with E-state index in [9.17, 15) is 4.79 Å². The topological polar surface area (TPSA) is 50.2 Å². The lowest BCUT2D eigenvalue weighted by atomic mass is 10.2. The molecule has 19 heavy (non-hydrogen) atoms. The van der Waals surface area contributed by atoms with E-state index in [0.29, 0.717) is 5.56 Å². The van der Waals surface area contributed by atoms with Crippen LogP contribution in [0, 0.1) is 6.92 Å². The average Bonchev–Trinajstić information content (AvgIpc) is 2.75. The first-order valence-electron chi connectivity index (χ1n) is 5.62. The first-order valence-corrected chi connectivity index (χ1v) is 8.28. The summed E-state index contributed by atoms with van der Waals surface area (Å²) < 4.78 is 0.897. The van der Waals surface area contributed by atoms with E-state index in [1.165, 1.54) is 4.88 Å². The Bertz CT molecular complexity index is 598. The fraction of sp³-hybridized carbons (Fsp3) is 0.231. The Morgan fingerprint density at radius 2 is 2.32 bits per heavy atom. The number of hydrogen-bond donors (Lipinski definition) is 1. The molecule has 0 saturated carbocycles. The van der Waals surface area contributed by atoms with Gasteiger partial charge in [-0.25, -0.2) is 9.78 Å². The number of aromatic nitrogens is 1. The van der Waals surface area contributed by atoms with Gasteiger partial charge in [0.25, 0.3) is 0 Å². The Labute approximate surface area is 128 Å². The Morgan fingerprint density at radius 3 is 2.95 bits per heavy atom. The molecular formula is C13H12BrNO2S2. The van der Waals surface area contributed by atoms with Gasteiger partial charge in [-0.2, -0.15) is 0 Å². The third kappa shape index (κ3) is 3.81. The Kier molecular flexibility index (Phi) is 5.01. The third-order valence-corrected chi connectivity index (χ3v) is 5.15. The van der Waals surface area contributed by atoms with Gasteiger partial charge in [0.15, 0.2) is 0 Å². The van der Waals surface area contributed by atoms with Crippen LogP contribution in [0.2, 0.25) is 0 Å². The Morgan fingerprint density at radius 1 is 1.53 bits per heavy atom. The minimum atomic E-state index is -0.885. The van der Waals surface area contributed by atoms with E-state index in [1.54, 1.807) is 35.2 Å². The molecular weight excluding hydrogens is 346 g/mol. The average molecular weight is 358 g/mol. The van der Waals surface area contributed by atoms with Crippen molar-refractivity contribution >= 4 is 45.0 Å². The molecule has 1 aromatic carbocycles. The summed E-state index contributed by atoms with van der Waals surface area (Å²) >= 11 is 6.59. The number of carboxylic acids is 1. The van der Waals surface area contributed by atoms with Crippen molar-refractivity contribution < 1.29 is 9.90 Å². The number of hydrogen-bond acceptors (Lipinski definition) is 4. The van der Waals surface area contributed by atoms with E-state index >= 15 is 0 Å². The first kappa shape index (κ1) is 14.6. The second-order valence-electron chi connectivity index (χ2n) is 3.91. The minimum Gasteiger partial charge on any atom is -0.478 e. The molecule has 100 valence electrons. The summed E-state index contributed by atoms with van der Waals surface area (Å²) in [5.74, 6) is -0.0382. The molecule has 0 aliphatic heterocycles. The van der Waals surface area contributed by atoms with Crippen LogP contribution < -0.4 is 0 Å². The van der Waals surface area contributed by atoms with Crippen molar-refractivity contribution in [1.29, 1.82) is 0 Å². The Balaban J connectivity index is 2.05. The number of benzene rings is 1. The second kappa shape index (κ2) is 6.54. The van der Waals surface area contributed by atoms with Gasteiger partial charge >= 0.3 is 5.97 Å². The summed E-state index contributed by atoms with van der Waals surface area (Å²) in [4.78, 5) is 17.4. The normalized spacial score (nSPS) is 10.6. The van der Waals surface area contributed by atoms with E-state index in [0.717, 1.165) is 27.2 Å². The van der Waals surface area contributed by atoms with Gasteiger partial charge in [-0.3, -0.25) is 0 Å². The van der Waals surface area contributed by atoms with Crippen LogP contribution >= 0.6 is 39.0 Å². The fourth-order valence-corrected chi connectivity index (χ4v) is 4.08. The molecule has 0 aliphatic carbocycles. The van der Waals surface area contributed by atoms with E-state index in [-0.39, 0.29) is 0 Å². The maximum absolute atomic E-state index is 11.1. The van der Waals surface area contributed by atoms with E-state index in [1.807, 2.05) is 18.5 Å². The van der Waals surface area contributed by atoms with Crippen molar-refractivity contribution in [1.82, 2.24) is 4.98 Å². The van der Waals surface area contributed by atoms with Crippen molar-refractivity contribution in [2.24, 2.45) is 0 Å². The highest BCUT2D eigenvalue weighted by Crippen LogP contribution is 2.28. The molecule has 0 radical (unpaired) electrons. The molecule has 0 spiro atoms. The highest BCUT2D eigenvalue weighted by Gasteiger charge is 2.11. The lowest BCUT2D eigenvalue weighted by molar-refractivity contribution is 0.0693. The van der Waals surface area contributed by atoms with Crippen LogP contribution in [0.4, 0.5) is 0 Å². The standard InChI is InChI=1S/C13H12BrNO2S2/c1-8-11(19-7-15-8)4-5-18-12-6-9(14)2-3-10(12)13(16)17/h2-3,6-7H,4-5H2,1H3,(H,16,17). The number of aromatic carboxylic acids is 1. The molecule has 0 saturated heterocycles. The van der Waals surface area contributed by atoms with Crippen molar-refractivity contribution in [3.63, 3.8) is 0 Å². The zero-order chi connectivity index (χ0) is 13.8. The quantitative estimate of drug-likeness (QED) is 0.812. The SMILES string of the molecule is Cc1ncsc1CCSc1cc(Br)ccc1C(=O)O. The largest absolute Gasteiger partial charge is 0.478 e. The van der Waals surface area contributed by atoms with Gasteiger partial charge in [0.2, 0.25) is 0 Å². The summed E-state index contributed by atoms with van der Waals surface area (Å²) in [6.07, 6.45) is 0.909. The van der Waals surface area contributed by atoms with Crippen molar-refractivity contribution in [2.75, 3.05) is 5.75 Å². The van der Waals surface area contributed by atoms with Crippen molar-refractivity contribution in [3.8, 4) is 0 Å². The van der Waals surface area contributed by atoms with Crippen molar-refractivity contribution in [2.45, 2.75) is 18.2 Å². The molecule has 0 unspecified atom stereocenters. The predicted molar refractivity (Wildman–Crippen MR) is 82.4 cm³/mol. The zero-order valence-corrected chi connectivity index (χ0v) is 13.4. The Hall–Kier alpha value is -0.850. The van der Waals surface area contributed by atoms with Crippen LogP contribution in [0.3, 0.4) is 0 Å². The molecule has 1 N–H and O–H groups in total. The van der Waals surface area contributed by atoms with Crippen LogP contribution in [0.5, 0.6) is 0 Å².